The highest BCUT2D eigenvalue weighted by Gasteiger charge is 2.31. The van der Waals surface area contributed by atoms with Gasteiger partial charge < -0.3 is 14.6 Å². The fourth-order valence-corrected chi connectivity index (χ4v) is 4.06. The van der Waals surface area contributed by atoms with Gasteiger partial charge in [-0.1, -0.05) is 57.8 Å². The van der Waals surface area contributed by atoms with E-state index in [4.69, 9.17) is 37.8 Å². The van der Waals surface area contributed by atoms with E-state index in [0.29, 0.717) is 35.6 Å². The first-order valence-corrected chi connectivity index (χ1v) is 8.63. The molecule has 0 aliphatic rings. The van der Waals surface area contributed by atoms with Crippen molar-refractivity contribution in [2.45, 2.75) is 46.5 Å². The molecule has 0 saturated heterocycles. The molecule has 0 spiro atoms. The van der Waals surface area contributed by atoms with Crippen molar-refractivity contribution in [2.75, 3.05) is 26.4 Å². The molecule has 5 heteroatoms. The van der Waals surface area contributed by atoms with E-state index in [2.05, 4.69) is 34.6 Å². The SMILES string of the molecule is CC(C)(C)CC(C)(C)c1c(Cl)cc(OCCOCCO)cc1Cl. The second kappa shape index (κ2) is 8.57. The molecule has 3 nitrogen and oxygen atoms in total. The third-order valence-corrected chi connectivity index (χ3v) is 3.99. The van der Waals surface area contributed by atoms with Crippen molar-refractivity contribution < 1.29 is 14.6 Å². The van der Waals surface area contributed by atoms with Crippen molar-refractivity contribution in [1.82, 2.24) is 0 Å². The van der Waals surface area contributed by atoms with Crippen molar-refractivity contribution in [2.24, 2.45) is 5.41 Å². The molecule has 0 aliphatic heterocycles. The number of benzene rings is 1. The van der Waals surface area contributed by atoms with Crippen LogP contribution in [0.15, 0.2) is 12.1 Å². The van der Waals surface area contributed by atoms with E-state index in [-0.39, 0.29) is 17.4 Å². The zero-order valence-corrected chi connectivity index (χ0v) is 16.2. The molecule has 1 N–H and O–H groups in total. The lowest BCUT2D eigenvalue weighted by Gasteiger charge is -2.34. The van der Waals surface area contributed by atoms with E-state index in [0.717, 1.165) is 12.0 Å². The summed E-state index contributed by atoms with van der Waals surface area (Å²) in [7, 11) is 0. The second-order valence-electron chi connectivity index (χ2n) is 7.57. The normalized spacial score (nSPS) is 12.5. The molecular weight excluding hydrogens is 335 g/mol. The molecule has 0 aliphatic carbocycles. The van der Waals surface area contributed by atoms with Crippen LogP contribution in [0.4, 0.5) is 0 Å². The predicted molar refractivity (Wildman–Crippen MR) is 97.0 cm³/mol. The summed E-state index contributed by atoms with van der Waals surface area (Å²) < 4.78 is 10.8. The third-order valence-electron chi connectivity index (χ3n) is 3.40. The molecule has 0 aromatic heterocycles. The summed E-state index contributed by atoms with van der Waals surface area (Å²) >= 11 is 13.0. The summed E-state index contributed by atoms with van der Waals surface area (Å²) in [6, 6.07) is 3.61. The van der Waals surface area contributed by atoms with Gasteiger partial charge in [0.2, 0.25) is 0 Å². The molecule has 0 unspecified atom stereocenters. The van der Waals surface area contributed by atoms with Crippen molar-refractivity contribution in [1.29, 1.82) is 0 Å². The Morgan fingerprint density at radius 3 is 2.00 bits per heavy atom. The lowest BCUT2D eigenvalue weighted by Crippen LogP contribution is -2.25. The van der Waals surface area contributed by atoms with Crippen LogP contribution in [0.2, 0.25) is 10.0 Å². The molecule has 132 valence electrons. The lowest BCUT2D eigenvalue weighted by atomic mass is 9.72. The monoisotopic (exact) mass is 362 g/mol. The van der Waals surface area contributed by atoms with Crippen molar-refractivity contribution >= 4 is 23.2 Å². The van der Waals surface area contributed by atoms with Crippen LogP contribution in [0.3, 0.4) is 0 Å². The first kappa shape index (κ1) is 20.6. The third kappa shape index (κ3) is 6.88. The van der Waals surface area contributed by atoms with Crippen LogP contribution in [-0.2, 0) is 10.2 Å². The van der Waals surface area contributed by atoms with Crippen molar-refractivity contribution in [3.8, 4) is 5.75 Å². The highest BCUT2D eigenvalue weighted by Crippen LogP contribution is 2.44. The molecule has 0 heterocycles. The Morgan fingerprint density at radius 1 is 0.957 bits per heavy atom. The molecule has 0 fully saturated rings. The quantitative estimate of drug-likeness (QED) is 0.654. The standard InChI is InChI=1S/C18H28Cl2O3/c1-17(2,3)12-18(4,5)16-14(19)10-13(11-15(16)20)23-9-8-22-7-6-21/h10-11,21H,6-9,12H2,1-5H3. The largest absolute Gasteiger partial charge is 0.491 e. The predicted octanol–water partition coefficient (Wildman–Crippen LogP) is 5.09. The number of ether oxygens (including phenoxy) is 2. The smallest absolute Gasteiger partial charge is 0.122 e. The van der Waals surface area contributed by atoms with Gasteiger partial charge in [0.05, 0.1) is 19.8 Å². The molecule has 0 radical (unpaired) electrons. The molecule has 0 amide bonds. The maximum absolute atomic E-state index is 8.64. The Kier molecular flexibility index (Phi) is 7.66. The van der Waals surface area contributed by atoms with Crippen LogP contribution in [0.5, 0.6) is 5.75 Å². The van der Waals surface area contributed by atoms with Crippen LogP contribution in [-0.4, -0.2) is 31.5 Å². The minimum Gasteiger partial charge on any atom is -0.491 e. The zero-order chi connectivity index (χ0) is 17.7. The fourth-order valence-electron chi connectivity index (χ4n) is 3.08. The molecule has 1 aromatic rings. The first-order chi connectivity index (χ1) is 10.6. The highest BCUT2D eigenvalue weighted by atomic mass is 35.5. The molecule has 0 saturated carbocycles. The van der Waals surface area contributed by atoms with Crippen LogP contribution in [0, 0.1) is 5.41 Å². The van der Waals surface area contributed by atoms with E-state index in [1.165, 1.54) is 0 Å². The van der Waals surface area contributed by atoms with Crippen molar-refractivity contribution in [3.05, 3.63) is 27.7 Å². The van der Waals surface area contributed by atoms with Gasteiger partial charge in [-0.15, -0.1) is 0 Å². The second-order valence-corrected chi connectivity index (χ2v) is 8.38. The number of halogens is 2. The van der Waals surface area contributed by atoms with E-state index < -0.39 is 0 Å². The molecule has 23 heavy (non-hydrogen) atoms. The molecule has 0 bridgehead atoms. The number of aliphatic hydroxyl groups is 1. The summed E-state index contributed by atoms with van der Waals surface area (Å²) in [5.41, 5.74) is 1.00. The maximum Gasteiger partial charge on any atom is 0.122 e. The van der Waals surface area contributed by atoms with Gasteiger partial charge in [0.25, 0.3) is 0 Å². The van der Waals surface area contributed by atoms with Crippen LogP contribution in [0.1, 0.15) is 46.6 Å². The van der Waals surface area contributed by atoms with Gasteiger partial charge in [-0.05, 0) is 34.9 Å². The Labute approximate surface area is 149 Å². The van der Waals surface area contributed by atoms with Gasteiger partial charge in [-0.3, -0.25) is 0 Å². The Bertz CT molecular complexity index is 484. The van der Waals surface area contributed by atoms with Crippen LogP contribution >= 0.6 is 23.2 Å². The van der Waals surface area contributed by atoms with E-state index >= 15 is 0 Å². The zero-order valence-electron chi connectivity index (χ0n) is 14.7. The highest BCUT2D eigenvalue weighted by molar-refractivity contribution is 6.36. The number of rotatable bonds is 8. The van der Waals surface area contributed by atoms with Crippen molar-refractivity contribution in [3.63, 3.8) is 0 Å². The van der Waals surface area contributed by atoms with Crippen LogP contribution < -0.4 is 4.74 Å². The summed E-state index contributed by atoms with van der Waals surface area (Å²) in [5, 5.41) is 9.89. The van der Waals surface area contributed by atoms with Gasteiger partial charge in [-0.2, -0.15) is 0 Å². The van der Waals surface area contributed by atoms with E-state index in [9.17, 15) is 0 Å². The minimum absolute atomic E-state index is 0.00914. The van der Waals surface area contributed by atoms with Gasteiger partial charge >= 0.3 is 0 Å². The van der Waals surface area contributed by atoms with E-state index in [1.54, 1.807) is 12.1 Å². The maximum atomic E-state index is 8.64. The lowest BCUT2D eigenvalue weighted by molar-refractivity contribution is 0.0705. The van der Waals surface area contributed by atoms with Gasteiger partial charge in [0.15, 0.2) is 0 Å². The van der Waals surface area contributed by atoms with Gasteiger partial charge in [-0.25, -0.2) is 0 Å². The Morgan fingerprint density at radius 2 is 1.52 bits per heavy atom. The van der Waals surface area contributed by atoms with Gasteiger partial charge in [0.1, 0.15) is 12.4 Å². The summed E-state index contributed by atoms with van der Waals surface area (Å²) in [4.78, 5) is 0. The first-order valence-electron chi connectivity index (χ1n) is 7.88. The van der Waals surface area contributed by atoms with E-state index in [1.807, 2.05) is 0 Å². The average molecular weight is 363 g/mol. The summed E-state index contributed by atoms with van der Waals surface area (Å²) in [6.45, 7) is 12.1. The van der Waals surface area contributed by atoms with Gasteiger partial charge in [0, 0.05) is 10.0 Å². The molecule has 1 rings (SSSR count). The minimum atomic E-state index is -0.130. The number of hydrogen-bond donors (Lipinski definition) is 1. The number of hydrogen-bond acceptors (Lipinski definition) is 3. The average Bonchev–Trinajstić information content (AvgIpc) is 2.34. The molecule has 1 aromatic carbocycles. The van der Waals surface area contributed by atoms with Crippen LogP contribution in [0.25, 0.3) is 0 Å². The number of aliphatic hydroxyl groups excluding tert-OH is 1. The summed E-state index contributed by atoms with van der Waals surface area (Å²) in [6.07, 6.45) is 0.967. The Balaban J connectivity index is 2.85. The topological polar surface area (TPSA) is 38.7 Å². The Hall–Kier alpha value is -0.480. The molecule has 0 atom stereocenters. The molecular formula is C18H28Cl2O3. The summed E-state index contributed by atoms with van der Waals surface area (Å²) in [5.74, 6) is 0.628. The fraction of sp³-hybridized carbons (Fsp3) is 0.667.